The van der Waals surface area contributed by atoms with Crippen LogP contribution in [0.4, 0.5) is 0 Å². The normalized spacial score (nSPS) is 12.7. The standard InChI is InChI=1S/C68H116O6/c1-4-7-10-13-16-19-22-25-26-27-28-29-30-31-32-33-34-35-36-37-38-39-40-41-42-44-46-49-52-55-58-61-67(70)73-64-65(63-72-66(69)60-57-54-51-48-45-24-21-18-15-12-9-6-3)74-68(71)62-59-56-53-50-47-43-23-20-17-14-11-8-5-2/h7-8,10-11,16-17,19-20,25-26,28-29,31-32,43,47,65H,4-6,9,12-15,18,21-24,27,30,33-42,44-46,48-64H2,1-3H3/b10-7-,11-8-,19-16-,20-17-,26-25-,29-28-,32-31-,47-43-. The van der Waals surface area contributed by atoms with E-state index in [-0.39, 0.29) is 31.1 Å². The molecule has 74 heavy (non-hydrogen) atoms. The van der Waals surface area contributed by atoms with Gasteiger partial charge in [-0.25, -0.2) is 0 Å². The Kier molecular flexibility index (Phi) is 58.8. The molecule has 424 valence electrons. The molecule has 0 aromatic rings. The molecule has 0 radical (unpaired) electrons. The maximum absolute atomic E-state index is 12.8. The zero-order chi connectivity index (χ0) is 53.6. The van der Waals surface area contributed by atoms with Gasteiger partial charge < -0.3 is 14.2 Å². The van der Waals surface area contributed by atoms with Gasteiger partial charge in [-0.05, 0) is 96.3 Å². The van der Waals surface area contributed by atoms with Crippen molar-refractivity contribution < 1.29 is 28.6 Å². The lowest BCUT2D eigenvalue weighted by Gasteiger charge is -2.18. The van der Waals surface area contributed by atoms with E-state index in [1.807, 2.05) is 0 Å². The maximum Gasteiger partial charge on any atom is 0.306 e. The first-order chi connectivity index (χ1) is 36.5. The van der Waals surface area contributed by atoms with Crippen molar-refractivity contribution in [1.82, 2.24) is 0 Å². The molecule has 0 aromatic heterocycles. The van der Waals surface area contributed by atoms with Crippen LogP contribution in [-0.4, -0.2) is 37.2 Å². The molecule has 6 heteroatoms. The summed E-state index contributed by atoms with van der Waals surface area (Å²) in [6, 6.07) is 0. The van der Waals surface area contributed by atoms with Crippen LogP contribution in [0.2, 0.25) is 0 Å². The van der Waals surface area contributed by atoms with Gasteiger partial charge in [-0.15, -0.1) is 0 Å². The van der Waals surface area contributed by atoms with Crippen molar-refractivity contribution in [2.24, 2.45) is 0 Å². The fourth-order valence-corrected chi connectivity index (χ4v) is 8.72. The van der Waals surface area contributed by atoms with Crippen LogP contribution in [0, 0.1) is 0 Å². The topological polar surface area (TPSA) is 78.9 Å². The van der Waals surface area contributed by atoms with Gasteiger partial charge in [-0.2, -0.15) is 0 Å². The van der Waals surface area contributed by atoms with Crippen LogP contribution in [0.1, 0.15) is 297 Å². The van der Waals surface area contributed by atoms with E-state index in [0.29, 0.717) is 19.3 Å². The molecule has 0 rings (SSSR count). The quantitative estimate of drug-likeness (QED) is 0.0261. The molecule has 0 spiro atoms. The first kappa shape index (κ1) is 70.3. The molecule has 0 saturated heterocycles. The Bertz CT molecular complexity index is 1460. The number of allylic oxidation sites excluding steroid dienone is 16. The molecule has 0 aliphatic carbocycles. The summed E-state index contributed by atoms with van der Waals surface area (Å²) in [5.41, 5.74) is 0. The zero-order valence-corrected chi connectivity index (χ0v) is 48.6. The van der Waals surface area contributed by atoms with Crippen LogP contribution < -0.4 is 0 Å². The molecular formula is C68H116O6. The summed E-state index contributed by atoms with van der Waals surface area (Å²) in [7, 11) is 0. The number of ether oxygens (including phenoxy) is 3. The van der Waals surface area contributed by atoms with Gasteiger partial charge >= 0.3 is 17.9 Å². The molecular weight excluding hydrogens is 913 g/mol. The molecule has 0 N–H and O–H groups in total. The number of esters is 3. The van der Waals surface area contributed by atoms with Crippen molar-refractivity contribution >= 4 is 17.9 Å². The minimum atomic E-state index is -0.790. The highest BCUT2D eigenvalue weighted by molar-refractivity contribution is 5.71. The van der Waals surface area contributed by atoms with Crippen molar-refractivity contribution in [3.05, 3.63) is 97.2 Å². The van der Waals surface area contributed by atoms with E-state index in [9.17, 15) is 14.4 Å². The third-order valence-electron chi connectivity index (χ3n) is 13.3. The van der Waals surface area contributed by atoms with E-state index in [0.717, 1.165) is 116 Å². The molecule has 0 bridgehead atoms. The van der Waals surface area contributed by atoms with E-state index in [4.69, 9.17) is 14.2 Å². The van der Waals surface area contributed by atoms with Crippen molar-refractivity contribution in [3.63, 3.8) is 0 Å². The predicted octanol–water partition coefficient (Wildman–Crippen LogP) is 21.3. The first-order valence-electron chi connectivity index (χ1n) is 31.2. The van der Waals surface area contributed by atoms with Gasteiger partial charge in [0.1, 0.15) is 13.2 Å². The van der Waals surface area contributed by atoms with E-state index >= 15 is 0 Å². The summed E-state index contributed by atoms with van der Waals surface area (Å²) in [5.74, 6) is -0.908. The number of carbonyl (C=O) groups is 3. The number of rotatable bonds is 56. The molecule has 0 saturated carbocycles. The highest BCUT2D eigenvalue weighted by Crippen LogP contribution is 2.16. The van der Waals surface area contributed by atoms with Crippen LogP contribution in [0.25, 0.3) is 0 Å². The van der Waals surface area contributed by atoms with Crippen molar-refractivity contribution in [2.45, 2.75) is 303 Å². The number of hydrogen-bond acceptors (Lipinski definition) is 6. The van der Waals surface area contributed by atoms with Gasteiger partial charge in [0, 0.05) is 19.3 Å². The summed E-state index contributed by atoms with van der Waals surface area (Å²) in [6.45, 7) is 6.40. The summed E-state index contributed by atoms with van der Waals surface area (Å²) in [5, 5.41) is 0. The average Bonchev–Trinajstić information content (AvgIpc) is 3.40. The Balaban J connectivity index is 4.16. The molecule has 1 unspecified atom stereocenters. The predicted molar refractivity (Wildman–Crippen MR) is 320 cm³/mol. The highest BCUT2D eigenvalue weighted by Gasteiger charge is 2.19. The van der Waals surface area contributed by atoms with Crippen LogP contribution in [-0.2, 0) is 28.6 Å². The fraction of sp³-hybridized carbons (Fsp3) is 0.721. The maximum atomic E-state index is 12.8. The SMILES string of the molecule is CC/C=C\C/C=C\C/C=C\C/C=C\C/C=C\CCCCCCCCCCCCCCCCCC(=O)OCC(COC(=O)CCCCCCCCCCCCCC)OC(=O)CCCCC/C=C\C/C=C\C/C=C\CC. The highest BCUT2D eigenvalue weighted by atomic mass is 16.6. The summed E-state index contributed by atoms with van der Waals surface area (Å²) in [4.78, 5) is 38.1. The lowest BCUT2D eigenvalue weighted by atomic mass is 10.0. The Labute approximate surface area is 457 Å². The second-order valence-electron chi connectivity index (χ2n) is 20.6. The van der Waals surface area contributed by atoms with Crippen molar-refractivity contribution in [2.75, 3.05) is 13.2 Å². The number of hydrogen-bond donors (Lipinski definition) is 0. The Morgan fingerprint density at radius 3 is 0.838 bits per heavy atom. The van der Waals surface area contributed by atoms with E-state index < -0.39 is 6.10 Å². The lowest BCUT2D eigenvalue weighted by molar-refractivity contribution is -0.167. The second kappa shape index (κ2) is 61.9. The Morgan fingerprint density at radius 2 is 0.527 bits per heavy atom. The molecule has 0 aliphatic heterocycles. The van der Waals surface area contributed by atoms with Gasteiger partial charge in [0.15, 0.2) is 6.10 Å². The monoisotopic (exact) mass is 1030 g/mol. The summed E-state index contributed by atoms with van der Waals surface area (Å²) < 4.78 is 16.8. The van der Waals surface area contributed by atoms with E-state index in [1.165, 1.54) is 141 Å². The largest absolute Gasteiger partial charge is 0.462 e. The van der Waals surface area contributed by atoms with Gasteiger partial charge in [-0.3, -0.25) is 14.4 Å². The van der Waals surface area contributed by atoms with Gasteiger partial charge in [0.25, 0.3) is 0 Å². The smallest absolute Gasteiger partial charge is 0.306 e. The van der Waals surface area contributed by atoms with Crippen molar-refractivity contribution in [3.8, 4) is 0 Å². The van der Waals surface area contributed by atoms with Crippen LogP contribution in [0.15, 0.2) is 97.2 Å². The molecule has 0 fully saturated rings. The Morgan fingerprint density at radius 1 is 0.284 bits per heavy atom. The van der Waals surface area contributed by atoms with Crippen LogP contribution in [0.5, 0.6) is 0 Å². The fourth-order valence-electron chi connectivity index (χ4n) is 8.72. The molecule has 1 atom stereocenters. The third kappa shape index (κ3) is 59.2. The summed E-state index contributed by atoms with van der Waals surface area (Å²) in [6.07, 6.45) is 82.9. The minimum absolute atomic E-state index is 0.0856. The third-order valence-corrected chi connectivity index (χ3v) is 13.3. The lowest BCUT2D eigenvalue weighted by Crippen LogP contribution is -2.30. The number of unbranched alkanes of at least 4 members (excludes halogenated alkanes) is 29. The van der Waals surface area contributed by atoms with Crippen molar-refractivity contribution in [1.29, 1.82) is 0 Å². The minimum Gasteiger partial charge on any atom is -0.462 e. The van der Waals surface area contributed by atoms with E-state index in [1.54, 1.807) is 0 Å². The van der Waals surface area contributed by atoms with Crippen LogP contribution >= 0.6 is 0 Å². The first-order valence-corrected chi connectivity index (χ1v) is 31.2. The Hall–Kier alpha value is -3.67. The van der Waals surface area contributed by atoms with Gasteiger partial charge in [-0.1, -0.05) is 279 Å². The molecule has 0 amide bonds. The van der Waals surface area contributed by atoms with E-state index in [2.05, 4.69) is 118 Å². The molecule has 0 aromatic carbocycles. The zero-order valence-electron chi connectivity index (χ0n) is 48.6. The number of carbonyl (C=O) groups excluding carboxylic acids is 3. The molecule has 6 nitrogen and oxygen atoms in total. The molecule has 0 heterocycles. The summed E-state index contributed by atoms with van der Waals surface area (Å²) >= 11 is 0. The second-order valence-corrected chi connectivity index (χ2v) is 20.6. The van der Waals surface area contributed by atoms with Gasteiger partial charge in [0.05, 0.1) is 0 Å². The average molecular weight is 1030 g/mol. The van der Waals surface area contributed by atoms with Gasteiger partial charge in [0.2, 0.25) is 0 Å². The molecule has 0 aliphatic rings. The van der Waals surface area contributed by atoms with Crippen LogP contribution in [0.3, 0.4) is 0 Å².